The van der Waals surface area contributed by atoms with Crippen LogP contribution in [0.4, 0.5) is 0 Å². The number of unbranched alkanes of at least 4 members (excludes halogenated alkanes) is 14. The predicted octanol–water partition coefficient (Wildman–Crippen LogP) is 8.67. The maximum Gasteiger partial charge on any atom is 0.124 e. The van der Waals surface area contributed by atoms with Crippen molar-refractivity contribution in [2.45, 2.75) is 122 Å². The van der Waals surface area contributed by atoms with Gasteiger partial charge in [0.25, 0.3) is 0 Å². The van der Waals surface area contributed by atoms with Crippen LogP contribution in [-0.4, -0.2) is 14.2 Å². The van der Waals surface area contributed by atoms with Crippen LogP contribution in [0.15, 0.2) is 24.4 Å². The second kappa shape index (κ2) is 16.9. The molecular formula is C29H49NO2. The van der Waals surface area contributed by atoms with Gasteiger partial charge in [0.05, 0.1) is 20.3 Å². The summed E-state index contributed by atoms with van der Waals surface area (Å²) in [5.74, 6) is 1.95. The summed E-state index contributed by atoms with van der Waals surface area (Å²) < 4.78 is 11.1. The molecule has 32 heavy (non-hydrogen) atoms. The molecule has 0 saturated carbocycles. The van der Waals surface area contributed by atoms with E-state index in [-0.39, 0.29) is 0 Å². The van der Waals surface area contributed by atoms with Crippen molar-refractivity contribution in [3.05, 3.63) is 35.5 Å². The number of hydrogen-bond acceptors (Lipinski definition) is 3. The van der Waals surface area contributed by atoms with E-state index in [1.165, 1.54) is 107 Å². The van der Waals surface area contributed by atoms with Gasteiger partial charge in [-0.1, -0.05) is 96.5 Å². The molecule has 1 N–H and O–H groups in total. The van der Waals surface area contributed by atoms with E-state index in [0.717, 1.165) is 24.3 Å². The molecule has 0 aromatic heterocycles. The second-order valence-electron chi connectivity index (χ2n) is 9.41. The number of methoxy groups -OCH3 is 2. The summed E-state index contributed by atoms with van der Waals surface area (Å²) in [6.45, 7) is 2.29. The fourth-order valence-electron chi connectivity index (χ4n) is 4.96. The Bertz CT molecular complexity index is 640. The fourth-order valence-corrected chi connectivity index (χ4v) is 4.96. The number of hydrogen-bond donors (Lipinski definition) is 1. The van der Waals surface area contributed by atoms with Crippen molar-refractivity contribution in [2.75, 3.05) is 14.2 Å². The van der Waals surface area contributed by atoms with E-state index in [4.69, 9.17) is 9.47 Å². The third-order valence-corrected chi connectivity index (χ3v) is 6.88. The lowest BCUT2D eigenvalue weighted by molar-refractivity contribution is 0.395. The molecule has 0 aliphatic heterocycles. The van der Waals surface area contributed by atoms with E-state index in [0.29, 0.717) is 6.04 Å². The van der Waals surface area contributed by atoms with Crippen molar-refractivity contribution in [1.82, 2.24) is 5.32 Å². The zero-order valence-corrected chi connectivity index (χ0v) is 21.2. The molecule has 1 aromatic rings. The Hall–Kier alpha value is -1.64. The highest BCUT2D eigenvalue weighted by atomic mass is 16.5. The SMILES string of the molecule is CCCCCCCCCCCCCCCCC=CNC1CCc2c(OC)ccc(OC)c21. The third-order valence-electron chi connectivity index (χ3n) is 6.88. The minimum absolute atomic E-state index is 0.322. The summed E-state index contributed by atoms with van der Waals surface area (Å²) in [4.78, 5) is 0. The van der Waals surface area contributed by atoms with E-state index < -0.39 is 0 Å². The van der Waals surface area contributed by atoms with Crippen LogP contribution in [0.2, 0.25) is 0 Å². The molecule has 1 aromatic carbocycles. The van der Waals surface area contributed by atoms with E-state index in [1.807, 2.05) is 12.1 Å². The summed E-state index contributed by atoms with van der Waals surface area (Å²) in [6.07, 6.45) is 27.6. The first kappa shape index (κ1) is 26.6. The lowest BCUT2D eigenvalue weighted by Crippen LogP contribution is -2.13. The molecule has 0 saturated heterocycles. The van der Waals surface area contributed by atoms with Gasteiger partial charge in [-0.05, 0) is 44.0 Å². The summed E-state index contributed by atoms with van der Waals surface area (Å²) in [7, 11) is 3.50. The van der Waals surface area contributed by atoms with Gasteiger partial charge in [0.2, 0.25) is 0 Å². The predicted molar refractivity (Wildman–Crippen MR) is 138 cm³/mol. The van der Waals surface area contributed by atoms with E-state index in [2.05, 4.69) is 24.5 Å². The molecule has 0 bridgehead atoms. The average molecular weight is 444 g/mol. The Labute approximate surface area is 198 Å². The van der Waals surface area contributed by atoms with Crippen LogP contribution in [-0.2, 0) is 6.42 Å². The van der Waals surface area contributed by atoms with Crippen molar-refractivity contribution >= 4 is 0 Å². The van der Waals surface area contributed by atoms with Crippen LogP contribution in [0.25, 0.3) is 0 Å². The number of nitrogens with one attached hydrogen (secondary N) is 1. The van der Waals surface area contributed by atoms with Crippen LogP contribution < -0.4 is 14.8 Å². The van der Waals surface area contributed by atoms with Gasteiger partial charge >= 0.3 is 0 Å². The Morgan fingerprint density at radius 2 is 1.31 bits per heavy atom. The van der Waals surface area contributed by atoms with Crippen LogP contribution in [0.3, 0.4) is 0 Å². The van der Waals surface area contributed by atoms with Gasteiger partial charge in [-0.3, -0.25) is 0 Å². The summed E-state index contributed by atoms with van der Waals surface area (Å²) in [5, 5.41) is 3.60. The van der Waals surface area contributed by atoms with E-state index in [1.54, 1.807) is 14.2 Å². The molecule has 0 radical (unpaired) electrons. The molecule has 2 rings (SSSR count). The van der Waals surface area contributed by atoms with Gasteiger partial charge in [0.1, 0.15) is 11.5 Å². The van der Waals surface area contributed by atoms with Gasteiger partial charge in [-0.15, -0.1) is 0 Å². The molecule has 3 nitrogen and oxygen atoms in total. The van der Waals surface area contributed by atoms with Gasteiger partial charge in [0, 0.05) is 11.1 Å². The van der Waals surface area contributed by atoms with Crippen molar-refractivity contribution in [1.29, 1.82) is 0 Å². The normalized spacial score (nSPS) is 15.3. The number of rotatable bonds is 19. The van der Waals surface area contributed by atoms with Crippen molar-refractivity contribution in [3.63, 3.8) is 0 Å². The highest BCUT2D eigenvalue weighted by Crippen LogP contribution is 2.42. The van der Waals surface area contributed by atoms with Gasteiger partial charge in [0.15, 0.2) is 0 Å². The Morgan fingerprint density at radius 1 is 0.781 bits per heavy atom. The van der Waals surface area contributed by atoms with E-state index >= 15 is 0 Å². The van der Waals surface area contributed by atoms with Gasteiger partial charge in [-0.25, -0.2) is 0 Å². The van der Waals surface area contributed by atoms with Gasteiger partial charge < -0.3 is 14.8 Å². The maximum absolute atomic E-state index is 5.60. The average Bonchev–Trinajstić information content (AvgIpc) is 3.24. The fraction of sp³-hybridized carbons (Fsp3) is 0.724. The summed E-state index contributed by atoms with van der Waals surface area (Å²) in [5.41, 5.74) is 2.57. The first-order valence-electron chi connectivity index (χ1n) is 13.5. The molecule has 0 amide bonds. The molecule has 182 valence electrons. The zero-order valence-electron chi connectivity index (χ0n) is 21.2. The highest BCUT2D eigenvalue weighted by Gasteiger charge is 2.28. The van der Waals surface area contributed by atoms with Crippen LogP contribution >= 0.6 is 0 Å². The minimum atomic E-state index is 0.322. The molecule has 0 spiro atoms. The number of ether oxygens (including phenoxy) is 2. The van der Waals surface area contributed by atoms with Crippen molar-refractivity contribution in [3.8, 4) is 11.5 Å². The smallest absolute Gasteiger partial charge is 0.124 e. The largest absolute Gasteiger partial charge is 0.496 e. The molecule has 1 unspecified atom stereocenters. The molecule has 0 fully saturated rings. The number of allylic oxidation sites excluding steroid dienone is 1. The van der Waals surface area contributed by atoms with Gasteiger partial charge in [-0.2, -0.15) is 0 Å². The maximum atomic E-state index is 5.60. The summed E-state index contributed by atoms with van der Waals surface area (Å²) >= 11 is 0. The first-order chi connectivity index (χ1) is 15.8. The summed E-state index contributed by atoms with van der Waals surface area (Å²) in [6, 6.07) is 4.37. The van der Waals surface area contributed by atoms with Crippen molar-refractivity contribution < 1.29 is 9.47 Å². The lowest BCUT2D eigenvalue weighted by atomic mass is 10.0. The first-order valence-corrected chi connectivity index (χ1v) is 13.5. The topological polar surface area (TPSA) is 30.5 Å². The Balaban J connectivity index is 1.47. The number of fused-ring (bicyclic) bond motifs is 1. The molecule has 3 heteroatoms. The molecular weight excluding hydrogens is 394 g/mol. The Kier molecular flexibility index (Phi) is 14.1. The van der Waals surface area contributed by atoms with Crippen molar-refractivity contribution in [2.24, 2.45) is 0 Å². The monoisotopic (exact) mass is 443 g/mol. The Morgan fingerprint density at radius 3 is 1.88 bits per heavy atom. The van der Waals surface area contributed by atoms with E-state index in [9.17, 15) is 0 Å². The minimum Gasteiger partial charge on any atom is -0.496 e. The number of benzene rings is 1. The van der Waals surface area contributed by atoms with Crippen LogP contribution in [0, 0.1) is 0 Å². The third kappa shape index (κ3) is 9.46. The van der Waals surface area contributed by atoms with Crippen LogP contribution in [0.5, 0.6) is 11.5 Å². The molecule has 1 aliphatic rings. The lowest BCUT2D eigenvalue weighted by Gasteiger charge is -2.17. The second-order valence-corrected chi connectivity index (χ2v) is 9.41. The molecule has 1 atom stereocenters. The zero-order chi connectivity index (χ0) is 22.9. The van der Waals surface area contributed by atoms with Crippen LogP contribution in [0.1, 0.15) is 127 Å². The standard InChI is InChI=1S/C29H49NO2/c1-4-5-6-7-8-9-10-11-12-13-14-15-16-17-18-19-24-30-26-21-20-25-27(31-2)22-23-28(32-3)29(25)26/h19,22-24,26,30H,4-18,20-21H2,1-3H3. The molecule has 1 aliphatic carbocycles. The molecule has 0 heterocycles. The quantitative estimate of drug-likeness (QED) is 0.217. The highest BCUT2D eigenvalue weighted by molar-refractivity contribution is 5.53.